The van der Waals surface area contributed by atoms with E-state index in [0.717, 1.165) is 0 Å². The molecule has 5 heteroatoms. The predicted molar refractivity (Wildman–Crippen MR) is 55.2 cm³/mol. The Kier molecular flexibility index (Phi) is 6.58. The lowest BCUT2D eigenvalue weighted by Crippen LogP contribution is -2.11. The van der Waals surface area contributed by atoms with Gasteiger partial charge in [-0.1, -0.05) is 13.8 Å². The van der Waals surface area contributed by atoms with Gasteiger partial charge in [0.05, 0.1) is 13.2 Å². The SMILES string of the molecule is CCOP(=O)(OCC)C(F)CC(C)C. The van der Waals surface area contributed by atoms with Crippen molar-refractivity contribution in [3.8, 4) is 0 Å². The van der Waals surface area contributed by atoms with Crippen LogP contribution in [0.3, 0.4) is 0 Å². The molecule has 0 fully saturated rings. The molecule has 0 aliphatic rings. The first-order valence-electron chi connectivity index (χ1n) is 4.99. The average molecular weight is 226 g/mol. The van der Waals surface area contributed by atoms with E-state index in [1.165, 1.54) is 0 Å². The van der Waals surface area contributed by atoms with E-state index in [9.17, 15) is 8.96 Å². The van der Waals surface area contributed by atoms with E-state index in [0.29, 0.717) is 0 Å². The summed E-state index contributed by atoms with van der Waals surface area (Å²) in [6, 6.07) is 0. The molecule has 0 heterocycles. The molecule has 0 rings (SSSR count). The summed E-state index contributed by atoms with van der Waals surface area (Å²) >= 11 is 0. The quantitative estimate of drug-likeness (QED) is 0.622. The number of halogens is 1. The molecule has 0 radical (unpaired) electrons. The summed E-state index contributed by atoms with van der Waals surface area (Å²) in [4.78, 5) is 0. The lowest BCUT2D eigenvalue weighted by Gasteiger charge is -2.21. The van der Waals surface area contributed by atoms with Crippen molar-refractivity contribution in [2.45, 2.75) is 40.0 Å². The highest BCUT2D eigenvalue weighted by atomic mass is 31.2. The van der Waals surface area contributed by atoms with Crippen molar-refractivity contribution < 1.29 is 18.0 Å². The Morgan fingerprint density at radius 2 is 1.64 bits per heavy atom. The molecule has 1 unspecified atom stereocenters. The van der Waals surface area contributed by atoms with Crippen molar-refractivity contribution in [3.63, 3.8) is 0 Å². The zero-order chi connectivity index (χ0) is 11.2. The molecule has 0 N–H and O–H groups in total. The van der Waals surface area contributed by atoms with Crippen molar-refractivity contribution in [1.29, 1.82) is 0 Å². The van der Waals surface area contributed by atoms with E-state index in [1.54, 1.807) is 13.8 Å². The van der Waals surface area contributed by atoms with Gasteiger partial charge in [0, 0.05) is 0 Å². The lowest BCUT2D eigenvalue weighted by molar-refractivity contribution is 0.182. The number of alkyl halides is 1. The highest BCUT2D eigenvalue weighted by Gasteiger charge is 2.35. The maximum absolute atomic E-state index is 13.6. The predicted octanol–water partition coefficient (Wildman–Crippen LogP) is 3.59. The van der Waals surface area contributed by atoms with Crippen LogP contribution in [0.1, 0.15) is 34.1 Å². The van der Waals surface area contributed by atoms with Crippen LogP contribution in [0.5, 0.6) is 0 Å². The highest BCUT2D eigenvalue weighted by Crippen LogP contribution is 2.55. The molecular formula is C9H20FO3P. The van der Waals surface area contributed by atoms with Crippen LogP contribution in [0.2, 0.25) is 0 Å². The molecule has 86 valence electrons. The van der Waals surface area contributed by atoms with Gasteiger partial charge in [0.1, 0.15) is 0 Å². The molecule has 0 aromatic carbocycles. The highest BCUT2D eigenvalue weighted by molar-refractivity contribution is 7.54. The third-order valence-electron chi connectivity index (χ3n) is 1.63. The average Bonchev–Trinajstić information content (AvgIpc) is 2.03. The van der Waals surface area contributed by atoms with Gasteiger partial charge < -0.3 is 9.05 Å². The van der Waals surface area contributed by atoms with E-state index in [4.69, 9.17) is 9.05 Å². The fraction of sp³-hybridized carbons (Fsp3) is 1.00. The first-order chi connectivity index (χ1) is 6.46. The second-order valence-corrected chi connectivity index (χ2v) is 5.60. The van der Waals surface area contributed by atoms with Crippen LogP contribution < -0.4 is 0 Å². The van der Waals surface area contributed by atoms with Crippen LogP contribution in [-0.2, 0) is 13.6 Å². The van der Waals surface area contributed by atoms with Gasteiger partial charge >= 0.3 is 7.60 Å². The summed E-state index contributed by atoms with van der Waals surface area (Å²) in [6.45, 7) is 7.50. The summed E-state index contributed by atoms with van der Waals surface area (Å²) in [5.41, 5.74) is 0. The fourth-order valence-electron chi connectivity index (χ4n) is 1.08. The molecule has 0 saturated heterocycles. The Balaban J connectivity index is 4.38. The van der Waals surface area contributed by atoms with E-state index >= 15 is 0 Å². The van der Waals surface area contributed by atoms with Crippen LogP contribution >= 0.6 is 7.60 Å². The molecule has 0 aliphatic carbocycles. The Morgan fingerprint density at radius 1 is 1.21 bits per heavy atom. The maximum atomic E-state index is 13.6. The molecule has 1 atom stereocenters. The van der Waals surface area contributed by atoms with Gasteiger partial charge in [0.15, 0.2) is 0 Å². The van der Waals surface area contributed by atoms with Crippen LogP contribution in [-0.4, -0.2) is 19.1 Å². The molecule has 0 aromatic rings. The Bertz CT molecular complexity index is 186. The summed E-state index contributed by atoms with van der Waals surface area (Å²) in [5.74, 6) is -1.37. The Hall–Kier alpha value is 0.0800. The monoisotopic (exact) mass is 226 g/mol. The van der Waals surface area contributed by atoms with E-state index < -0.39 is 13.5 Å². The Morgan fingerprint density at radius 3 is 1.93 bits per heavy atom. The van der Waals surface area contributed by atoms with Crippen molar-refractivity contribution in [2.24, 2.45) is 5.92 Å². The van der Waals surface area contributed by atoms with Crippen molar-refractivity contribution in [3.05, 3.63) is 0 Å². The molecule has 0 saturated carbocycles. The standard InChI is InChI=1S/C9H20FO3P/c1-5-12-14(11,13-6-2)9(10)7-8(3)4/h8-9H,5-7H2,1-4H3. The number of hydrogen-bond donors (Lipinski definition) is 0. The van der Waals surface area contributed by atoms with Crippen molar-refractivity contribution in [1.82, 2.24) is 0 Å². The zero-order valence-corrected chi connectivity index (χ0v) is 10.2. The van der Waals surface area contributed by atoms with Gasteiger partial charge in [-0.05, 0) is 26.2 Å². The second kappa shape index (κ2) is 6.54. The van der Waals surface area contributed by atoms with Gasteiger partial charge in [-0.25, -0.2) is 4.39 Å². The summed E-state index contributed by atoms with van der Waals surface area (Å²) < 4.78 is 35.2. The smallest absolute Gasteiger partial charge is 0.307 e. The van der Waals surface area contributed by atoms with Crippen LogP contribution in [0.25, 0.3) is 0 Å². The second-order valence-electron chi connectivity index (χ2n) is 3.44. The van der Waals surface area contributed by atoms with Crippen molar-refractivity contribution in [2.75, 3.05) is 13.2 Å². The van der Waals surface area contributed by atoms with Crippen LogP contribution in [0, 0.1) is 5.92 Å². The van der Waals surface area contributed by atoms with Gasteiger partial charge in [-0.3, -0.25) is 4.57 Å². The molecule has 0 amide bonds. The summed E-state index contributed by atoms with van der Waals surface area (Å²) in [7, 11) is -3.53. The molecule has 3 nitrogen and oxygen atoms in total. The van der Waals surface area contributed by atoms with E-state index in [2.05, 4.69) is 0 Å². The van der Waals surface area contributed by atoms with E-state index in [1.807, 2.05) is 13.8 Å². The van der Waals surface area contributed by atoms with Gasteiger partial charge in [-0.15, -0.1) is 0 Å². The molecule has 0 aromatic heterocycles. The van der Waals surface area contributed by atoms with E-state index in [-0.39, 0.29) is 25.6 Å². The minimum Gasteiger partial charge on any atom is -0.307 e. The Labute approximate surface area is 85.5 Å². The maximum Gasteiger partial charge on any atom is 0.364 e. The topological polar surface area (TPSA) is 35.5 Å². The zero-order valence-electron chi connectivity index (χ0n) is 9.33. The fourth-order valence-corrected chi connectivity index (χ4v) is 2.87. The molecule has 14 heavy (non-hydrogen) atoms. The summed E-state index contributed by atoms with van der Waals surface area (Å²) in [6.07, 6.45) is 0.206. The minimum atomic E-state index is -3.53. The third kappa shape index (κ3) is 4.54. The molecule has 0 bridgehead atoms. The number of hydrogen-bond acceptors (Lipinski definition) is 3. The normalized spacial score (nSPS) is 14.7. The lowest BCUT2D eigenvalue weighted by atomic mass is 10.2. The third-order valence-corrected chi connectivity index (χ3v) is 3.76. The minimum absolute atomic E-state index is 0.138. The van der Waals surface area contributed by atoms with Crippen LogP contribution in [0.4, 0.5) is 4.39 Å². The first kappa shape index (κ1) is 14.1. The van der Waals surface area contributed by atoms with Gasteiger partial charge in [-0.2, -0.15) is 0 Å². The number of rotatable bonds is 7. The molecule has 0 spiro atoms. The summed E-state index contributed by atoms with van der Waals surface area (Å²) in [5, 5.41) is 0. The van der Waals surface area contributed by atoms with Gasteiger partial charge in [0.2, 0.25) is 5.91 Å². The van der Waals surface area contributed by atoms with Gasteiger partial charge in [0.25, 0.3) is 0 Å². The van der Waals surface area contributed by atoms with Crippen LogP contribution in [0.15, 0.2) is 0 Å². The first-order valence-corrected chi connectivity index (χ1v) is 6.60. The molecule has 0 aliphatic heterocycles. The molecular weight excluding hydrogens is 206 g/mol. The largest absolute Gasteiger partial charge is 0.364 e. The van der Waals surface area contributed by atoms with Crippen molar-refractivity contribution >= 4 is 7.60 Å².